The lowest BCUT2D eigenvalue weighted by Crippen LogP contribution is -2.29. The molecule has 24 heavy (non-hydrogen) atoms. The highest BCUT2D eigenvalue weighted by Crippen LogP contribution is 2.27. The van der Waals surface area contributed by atoms with E-state index in [2.05, 4.69) is 17.6 Å². The molecule has 0 heterocycles. The van der Waals surface area contributed by atoms with Crippen LogP contribution in [0.4, 0.5) is 10.5 Å². The van der Waals surface area contributed by atoms with Crippen molar-refractivity contribution < 1.29 is 14.3 Å². The maximum atomic E-state index is 12.2. The lowest BCUT2D eigenvalue weighted by atomic mass is 10.1. The second-order valence-corrected chi connectivity index (χ2v) is 5.46. The Morgan fingerprint density at radius 2 is 1.83 bits per heavy atom. The van der Waals surface area contributed by atoms with Gasteiger partial charge >= 0.3 is 6.03 Å². The molecule has 0 aliphatic rings. The molecule has 0 saturated carbocycles. The molecule has 0 saturated heterocycles. The zero-order chi connectivity index (χ0) is 17.5. The molecule has 5 heteroatoms. The standard InChI is InChI=1S/C19H24N2O3/c1-5-15-8-6-7-13(2)18(15)21-19(22)20-12-14-9-10-16(23-3)17(11-14)24-4/h6-11H,5,12H2,1-4H3,(H2,20,21,22). The summed E-state index contributed by atoms with van der Waals surface area (Å²) in [4.78, 5) is 12.2. The number of methoxy groups -OCH3 is 2. The van der Waals surface area contributed by atoms with Crippen molar-refractivity contribution in [3.63, 3.8) is 0 Å². The molecule has 128 valence electrons. The number of para-hydroxylation sites is 1. The first kappa shape index (κ1) is 17.7. The minimum absolute atomic E-state index is 0.228. The maximum Gasteiger partial charge on any atom is 0.319 e. The molecule has 2 aromatic rings. The van der Waals surface area contributed by atoms with Crippen LogP contribution in [0.2, 0.25) is 0 Å². The van der Waals surface area contributed by atoms with E-state index in [-0.39, 0.29) is 6.03 Å². The van der Waals surface area contributed by atoms with Crippen LogP contribution in [0.15, 0.2) is 36.4 Å². The molecule has 0 spiro atoms. The molecule has 5 nitrogen and oxygen atoms in total. The van der Waals surface area contributed by atoms with Crippen molar-refractivity contribution in [1.82, 2.24) is 5.32 Å². The number of anilines is 1. The zero-order valence-electron chi connectivity index (χ0n) is 14.6. The summed E-state index contributed by atoms with van der Waals surface area (Å²) in [6.45, 7) is 4.46. The van der Waals surface area contributed by atoms with E-state index in [1.807, 2.05) is 43.3 Å². The van der Waals surface area contributed by atoms with Gasteiger partial charge in [0.1, 0.15) is 0 Å². The van der Waals surface area contributed by atoms with Crippen LogP contribution in [-0.4, -0.2) is 20.3 Å². The predicted octanol–water partition coefficient (Wildman–Crippen LogP) is 3.90. The number of aryl methyl sites for hydroxylation is 2. The zero-order valence-corrected chi connectivity index (χ0v) is 14.6. The molecular weight excluding hydrogens is 304 g/mol. The van der Waals surface area contributed by atoms with Crippen molar-refractivity contribution in [2.75, 3.05) is 19.5 Å². The maximum absolute atomic E-state index is 12.2. The van der Waals surface area contributed by atoms with E-state index in [0.717, 1.165) is 28.8 Å². The van der Waals surface area contributed by atoms with Crippen molar-refractivity contribution in [3.05, 3.63) is 53.1 Å². The molecule has 2 rings (SSSR count). The fourth-order valence-electron chi connectivity index (χ4n) is 2.53. The molecule has 2 aromatic carbocycles. The quantitative estimate of drug-likeness (QED) is 0.845. The number of nitrogens with one attached hydrogen (secondary N) is 2. The first-order chi connectivity index (χ1) is 11.6. The molecule has 0 aliphatic carbocycles. The van der Waals surface area contributed by atoms with E-state index in [1.165, 1.54) is 0 Å². The first-order valence-corrected chi connectivity index (χ1v) is 7.93. The Morgan fingerprint density at radius 1 is 1.08 bits per heavy atom. The summed E-state index contributed by atoms with van der Waals surface area (Å²) >= 11 is 0. The number of rotatable bonds is 6. The van der Waals surface area contributed by atoms with Gasteiger partial charge in [-0.05, 0) is 42.2 Å². The molecule has 0 radical (unpaired) electrons. The highest BCUT2D eigenvalue weighted by atomic mass is 16.5. The summed E-state index contributed by atoms with van der Waals surface area (Å²) in [6.07, 6.45) is 0.868. The van der Waals surface area contributed by atoms with E-state index in [0.29, 0.717) is 18.0 Å². The molecule has 2 N–H and O–H groups in total. The molecule has 0 aliphatic heterocycles. The number of ether oxygens (including phenoxy) is 2. The van der Waals surface area contributed by atoms with Crippen molar-refractivity contribution in [2.24, 2.45) is 0 Å². The van der Waals surface area contributed by atoms with Crippen molar-refractivity contribution in [1.29, 1.82) is 0 Å². The fourth-order valence-corrected chi connectivity index (χ4v) is 2.53. The van der Waals surface area contributed by atoms with Crippen molar-refractivity contribution in [3.8, 4) is 11.5 Å². The van der Waals surface area contributed by atoms with Crippen LogP contribution < -0.4 is 20.1 Å². The van der Waals surface area contributed by atoms with Crippen LogP contribution in [0, 0.1) is 6.92 Å². The van der Waals surface area contributed by atoms with Crippen LogP contribution >= 0.6 is 0 Å². The van der Waals surface area contributed by atoms with Gasteiger partial charge in [0, 0.05) is 12.2 Å². The number of hydrogen-bond donors (Lipinski definition) is 2. The number of carbonyl (C=O) groups excluding carboxylic acids is 1. The highest BCUT2D eigenvalue weighted by Gasteiger charge is 2.09. The lowest BCUT2D eigenvalue weighted by Gasteiger charge is -2.14. The summed E-state index contributed by atoms with van der Waals surface area (Å²) in [5.41, 5.74) is 3.99. The topological polar surface area (TPSA) is 59.6 Å². The number of hydrogen-bond acceptors (Lipinski definition) is 3. The number of urea groups is 1. The number of amides is 2. The Hall–Kier alpha value is -2.69. The Bertz CT molecular complexity index is 714. The average Bonchev–Trinajstić information content (AvgIpc) is 2.61. The summed E-state index contributed by atoms with van der Waals surface area (Å²) in [6, 6.07) is 11.4. The molecule has 2 amide bonds. The second-order valence-electron chi connectivity index (χ2n) is 5.46. The second kappa shape index (κ2) is 8.24. The van der Waals surface area contributed by atoms with E-state index < -0.39 is 0 Å². The number of carbonyl (C=O) groups is 1. The van der Waals surface area contributed by atoms with Gasteiger partial charge < -0.3 is 20.1 Å². The molecule has 0 fully saturated rings. The van der Waals surface area contributed by atoms with Crippen LogP contribution in [0.5, 0.6) is 11.5 Å². The SMILES string of the molecule is CCc1cccc(C)c1NC(=O)NCc1ccc(OC)c(OC)c1. The molecular formula is C19H24N2O3. The Kier molecular flexibility index (Phi) is 6.07. The van der Waals surface area contributed by atoms with Gasteiger partial charge in [-0.25, -0.2) is 4.79 Å². The van der Waals surface area contributed by atoms with Crippen LogP contribution in [0.3, 0.4) is 0 Å². The molecule has 0 unspecified atom stereocenters. The van der Waals surface area contributed by atoms with E-state index in [4.69, 9.17) is 9.47 Å². The van der Waals surface area contributed by atoms with E-state index >= 15 is 0 Å². The highest BCUT2D eigenvalue weighted by molar-refractivity contribution is 5.91. The first-order valence-electron chi connectivity index (χ1n) is 7.93. The van der Waals surface area contributed by atoms with E-state index in [1.54, 1.807) is 14.2 Å². The molecule has 0 atom stereocenters. The third-order valence-corrected chi connectivity index (χ3v) is 3.88. The third-order valence-electron chi connectivity index (χ3n) is 3.88. The van der Waals surface area contributed by atoms with Gasteiger partial charge in [-0.3, -0.25) is 0 Å². The van der Waals surface area contributed by atoms with Crippen LogP contribution in [0.1, 0.15) is 23.6 Å². The normalized spacial score (nSPS) is 10.2. The molecule has 0 bridgehead atoms. The van der Waals surface area contributed by atoms with Gasteiger partial charge in [0.05, 0.1) is 14.2 Å². The van der Waals surface area contributed by atoms with Gasteiger partial charge in [-0.1, -0.05) is 31.2 Å². The van der Waals surface area contributed by atoms with Gasteiger partial charge in [0.2, 0.25) is 0 Å². The monoisotopic (exact) mass is 328 g/mol. The minimum atomic E-state index is -0.228. The Balaban J connectivity index is 2.01. The Morgan fingerprint density at radius 3 is 2.50 bits per heavy atom. The Labute approximate surface area is 143 Å². The predicted molar refractivity (Wildman–Crippen MR) is 96.0 cm³/mol. The summed E-state index contributed by atoms with van der Waals surface area (Å²) in [7, 11) is 3.18. The summed E-state index contributed by atoms with van der Waals surface area (Å²) in [5, 5.41) is 5.81. The smallest absolute Gasteiger partial charge is 0.319 e. The molecule has 0 aromatic heterocycles. The van der Waals surface area contributed by atoms with Crippen LogP contribution in [-0.2, 0) is 13.0 Å². The summed E-state index contributed by atoms with van der Waals surface area (Å²) in [5.74, 6) is 1.31. The van der Waals surface area contributed by atoms with Gasteiger partial charge in [-0.2, -0.15) is 0 Å². The van der Waals surface area contributed by atoms with Crippen molar-refractivity contribution in [2.45, 2.75) is 26.8 Å². The van der Waals surface area contributed by atoms with Gasteiger partial charge in [0.25, 0.3) is 0 Å². The van der Waals surface area contributed by atoms with Crippen LogP contribution in [0.25, 0.3) is 0 Å². The lowest BCUT2D eigenvalue weighted by molar-refractivity contribution is 0.251. The van der Waals surface area contributed by atoms with E-state index in [9.17, 15) is 4.79 Å². The van der Waals surface area contributed by atoms with Crippen molar-refractivity contribution >= 4 is 11.7 Å². The largest absolute Gasteiger partial charge is 0.493 e. The summed E-state index contributed by atoms with van der Waals surface area (Å²) < 4.78 is 10.5. The van der Waals surface area contributed by atoms with Gasteiger partial charge in [0.15, 0.2) is 11.5 Å². The minimum Gasteiger partial charge on any atom is -0.493 e. The van der Waals surface area contributed by atoms with Gasteiger partial charge in [-0.15, -0.1) is 0 Å². The number of benzene rings is 2. The average molecular weight is 328 g/mol. The third kappa shape index (κ3) is 4.19. The fraction of sp³-hybridized carbons (Fsp3) is 0.316.